The van der Waals surface area contributed by atoms with Crippen LogP contribution in [-0.4, -0.2) is 47.9 Å². The van der Waals surface area contributed by atoms with Gasteiger partial charge in [-0.25, -0.2) is 4.39 Å². The molecule has 1 fully saturated rings. The van der Waals surface area contributed by atoms with Crippen LogP contribution in [0.25, 0.3) is 10.4 Å². The SMILES string of the molecule is CC(N)C(C)C(=O)N1CCN(Cc2ccc(-c3ccccc3F)s2)CC1.Cl.Cl. The fraction of sp³-hybridized carbons (Fsp3) is 0.450. The van der Waals surface area contributed by atoms with E-state index in [9.17, 15) is 9.18 Å². The number of nitrogens with zero attached hydrogens (tertiary/aromatic N) is 2. The van der Waals surface area contributed by atoms with Crippen molar-refractivity contribution in [2.24, 2.45) is 11.7 Å². The van der Waals surface area contributed by atoms with Crippen LogP contribution < -0.4 is 5.73 Å². The summed E-state index contributed by atoms with van der Waals surface area (Å²) in [5.74, 6) is -0.170. The largest absolute Gasteiger partial charge is 0.340 e. The Bertz CT molecular complexity index is 763. The van der Waals surface area contributed by atoms with Crippen LogP contribution in [0.5, 0.6) is 0 Å². The van der Waals surface area contributed by atoms with Crippen LogP contribution in [0.4, 0.5) is 4.39 Å². The maximum atomic E-state index is 13.9. The van der Waals surface area contributed by atoms with E-state index in [0.29, 0.717) is 5.56 Å². The zero-order valence-electron chi connectivity index (χ0n) is 16.1. The fourth-order valence-electron chi connectivity index (χ4n) is 3.13. The average Bonchev–Trinajstić information content (AvgIpc) is 3.09. The highest BCUT2D eigenvalue weighted by Crippen LogP contribution is 2.30. The molecule has 28 heavy (non-hydrogen) atoms. The van der Waals surface area contributed by atoms with Crippen molar-refractivity contribution in [3.8, 4) is 10.4 Å². The highest BCUT2D eigenvalue weighted by atomic mass is 35.5. The lowest BCUT2D eigenvalue weighted by atomic mass is 10.0. The van der Waals surface area contributed by atoms with E-state index in [1.807, 2.05) is 36.9 Å². The quantitative estimate of drug-likeness (QED) is 0.752. The second-order valence-corrected chi connectivity index (χ2v) is 8.16. The number of benzene rings is 1. The Morgan fingerprint density at radius 2 is 1.75 bits per heavy atom. The summed E-state index contributed by atoms with van der Waals surface area (Å²) in [6.07, 6.45) is 0. The van der Waals surface area contributed by atoms with Gasteiger partial charge in [0.1, 0.15) is 5.82 Å². The number of nitrogens with two attached hydrogens (primary N) is 1. The van der Waals surface area contributed by atoms with Gasteiger partial charge in [0.15, 0.2) is 0 Å². The molecule has 1 aliphatic heterocycles. The Balaban J connectivity index is 0.00000196. The molecule has 2 heterocycles. The molecule has 1 aliphatic rings. The van der Waals surface area contributed by atoms with Crippen molar-refractivity contribution in [3.63, 3.8) is 0 Å². The molecule has 4 nitrogen and oxygen atoms in total. The van der Waals surface area contributed by atoms with E-state index in [1.54, 1.807) is 17.4 Å². The van der Waals surface area contributed by atoms with Crippen LogP contribution in [-0.2, 0) is 11.3 Å². The monoisotopic (exact) mass is 447 g/mol. The molecule has 1 aromatic carbocycles. The summed E-state index contributed by atoms with van der Waals surface area (Å²) >= 11 is 1.63. The van der Waals surface area contributed by atoms with Crippen molar-refractivity contribution in [2.75, 3.05) is 26.2 Å². The van der Waals surface area contributed by atoms with Crippen molar-refractivity contribution >= 4 is 42.1 Å². The van der Waals surface area contributed by atoms with Gasteiger partial charge in [-0.2, -0.15) is 0 Å². The number of thiophene rings is 1. The minimum atomic E-state index is -0.184. The van der Waals surface area contributed by atoms with Crippen molar-refractivity contribution in [1.29, 1.82) is 0 Å². The number of halogens is 3. The van der Waals surface area contributed by atoms with Crippen LogP contribution in [0, 0.1) is 11.7 Å². The van der Waals surface area contributed by atoms with Crippen molar-refractivity contribution in [1.82, 2.24) is 9.80 Å². The number of amides is 1. The summed E-state index contributed by atoms with van der Waals surface area (Å²) in [4.78, 5) is 18.8. The number of rotatable bonds is 5. The second-order valence-electron chi connectivity index (χ2n) is 7.00. The third kappa shape index (κ3) is 5.91. The third-order valence-corrected chi connectivity index (χ3v) is 6.15. The molecule has 0 saturated carbocycles. The number of hydrogen-bond donors (Lipinski definition) is 1. The van der Waals surface area contributed by atoms with Gasteiger partial charge in [0.05, 0.1) is 5.92 Å². The molecule has 0 bridgehead atoms. The van der Waals surface area contributed by atoms with E-state index in [1.165, 1.54) is 10.9 Å². The van der Waals surface area contributed by atoms with Crippen LogP contribution in [0.2, 0.25) is 0 Å². The fourth-order valence-corrected chi connectivity index (χ4v) is 4.21. The molecule has 2 aromatic rings. The molecule has 8 heteroatoms. The Morgan fingerprint density at radius 3 is 2.36 bits per heavy atom. The predicted molar refractivity (Wildman–Crippen MR) is 119 cm³/mol. The van der Waals surface area contributed by atoms with E-state index < -0.39 is 0 Å². The summed E-state index contributed by atoms with van der Waals surface area (Å²) in [5, 5.41) is 0. The predicted octanol–water partition coefficient (Wildman–Crippen LogP) is 4.03. The zero-order chi connectivity index (χ0) is 18.7. The lowest BCUT2D eigenvalue weighted by Crippen LogP contribution is -2.51. The zero-order valence-corrected chi connectivity index (χ0v) is 18.6. The molecule has 156 valence electrons. The molecular weight excluding hydrogens is 420 g/mol. The normalized spacial score (nSPS) is 16.6. The summed E-state index contributed by atoms with van der Waals surface area (Å²) < 4.78 is 13.9. The van der Waals surface area contributed by atoms with Gasteiger partial charge < -0.3 is 10.6 Å². The van der Waals surface area contributed by atoms with Gasteiger partial charge in [0.25, 0.3) is 0 Å². The second kappa shape index (κ2) is 11.1. The first-order chi connectivity index (χ1) is 12.5. The molecule has 2 atom stereocenters. The van der Waals surface area contributed by atoms with Crippen molar-refractivity contribution in [2.45, 2.75) is 26.4 Å². The van der Waals surface area contributed by atoms with E-state index in [-0.39, 0.29) is 48.5 Å². The van der Waals surface area contributed by atoms with Crippen molar-refractivity contribution < 1.29 is 9.18 Å². The first-order valence-corrected chi connectivity index (χ1v) is 9.87. The minimum absolute atomic E-state index is 0. The number of carbonyl (C=O) groups excluding carboxylic acids is 1. The van der Waals surface area contributed by atoms with Crippen LogP contribution in [0.1, 0.15) is 18.7 Å². The number of piperazine rings is 1. The Hall–Kier alpha value is -1.18. The molecule has 1 aromatic heterocycles. The summed E-state index contributed by atoms with van der Waals surface area (Å²) in [7, 11) is 0. The van der Waals surface area contributed by atoms with Crippen LogP contribution in [0.3, 0.4) is 0 Å². The molecule has 0 radical (unpaired) electrons. The van der Waals surface area contributed by atoms with Gasteiger partial charge in [0.2, 0.25) is 5.91 Å². The standard InChI is InChI=1S/C20H26FN3OS.2ClH/c1-14(15(2)22)20(25)24-11-9-23(10-12-24)13-16-7-8-19(26-16)17-5-3-4-6-18(17)21;;/h3-8,14-15H,9-13,22H2,1-2H3;2*1H. The van der Waals surface area contributed by atoms with E-state index in [4.69, 9.17) is 5.73 Å². The number of carbonyl (C=O) groups is 1. The molecule has 2 unspecified atom stereocenters. The lowest BCUT2D eigenvalue weighted by molar-refractivity contribution is -0.137. The first-order valence-electron chi connectivity index (χ1n) is 9.06. The first kappa shape index (κ1) is 24.9. The van der Waals surface area contributed by atoms with Gasteiger partial charge in [-0.3, -0.25) is 9.69 Å². The Morgan fingerprint density at radius 1 is 1.11 bits per heavy atom. The molecule has 0 aliphatic carbocycles. The van der Waals surface area contributed by atoms with Crippen LogP contribution >= 0.6 is 36.2 Å². The van der Waals surface area contributed by atoms with Crippen LogP contribution in [0.15, 0.2) is 36.4 Å². The highest BCUT2D eigenvalue weighted by Gasteiger charge is 2.26. The smallest absolute Gasteiger partial charge is 0.227 e. The maximum absolute atomic E-state index is 13.9. The van der Waals surface area contributed by atoms with Gasteiger partial charge in [-0.15, -0.1) is 36.2 Å². The third-order valence-electron chi connectivity index (χ3n) is 5.04. The van der Waals surface area contributed by atoms with E-state index in [2.05, 4.69) is 11.0 Å². The van der Waals surface area contributed by atoms with E-state index >= 15 is 0 Å². The highest BCUT2D eigenvalue weighted by molar-refractivity contribution is 7.15. The molecule has 1 saturated heterocycles. The maximum Gasteiger partial charge on any atom is 0.227 e. The summed E-state index contributed by atoms with van der Waals surface area (Å²) in [6.45, 7) is 7.79. The Kier molecular flexibility index (Phi) is 9.87. The van der Waals surface area contributed by atoms with Gasteiger partial charge in [0, 0.05) is 54.1 Å². The topological polar surface area (TPSA) is 49.6 Å². The summed E-state index contributed by atoms with van der Waals surface area (Å²) in [6, 6.07) is 10.8. The molecule has 3 rings (SSSR count). The van der Waals surface area contributed by atoms with E-state index in [0.717, 1.165) is 37.6 Å². The van der Waals surface area contributed by atoms with Gasteiger partial charge in [-0.05, 0) is 25.1 Å². The Labute approximate surface area is 182 Å². The minimum Gasteiger partial charge on any atom is -0.340 e. The molecule has 1 amide bonds. The van der Waals surface area contributed by atoms with Gasteiger partial charge >= 0.3 is 0 Å². The number of hydrogen-bond acceptors (Lipinski definition) is 4. The summed E-state index contributed by atoms with van der Waals surface area (Å²) in [5.41, 5.74) is 6.51. The van der Waals surface area contributed by atoms with Gasteiger partial charge in [-0.1, -0.05) is 25.1 Å². The molecular formula is C20H28Cl2FN3OS. The van der Waals surface area contributed by atoms with Crippen molar-refractivity contribution in [3.05, 3.63) is 47.1 Å². The molecule has 2 N–H and O–H groups in total. The lowest BCUT2D eigenvalue weighted by Gasteiger charge is -2.36. The average molecular weight is 448 g/mol. The molecule has 0 spiro atoms.